The third-order valence-corrected chi connectivity index (χ3v) is 12.8. The van der Waals surface area contributed by atoms with E-state index in [9.17, 15) is 14.4 Å². The number of carbonyl (C=O) groups is 3. The molecule has 0 aliphatic carbocycles. The quantitative estimate of drug-likeness (QED) is 0.0344. The van der Waals surface area contributed by atoms with Crippen LogP contribution in [0, 0.1) is 5.92 Å². The number of carbonyl (C=O) groups excluding carboxylic acids is 3. The minimum atomic E-state index is -0.761. The summed E-state index contributed by atoms with van der Waals surface area (Å²) in [6.07, 6.45) is 53.7. The van der Waals surface area contributed by atoms with Crippen molar-refractivity contribution in [1.82, 2.24) is 0 Å². The van der Waals surface area contributed by atoms with Crippen LogP contribution in [-0.4, -0.2) is 37.2 Å². The molecule has 0 fully saturated rings. The van der Waals surface area contributed by atoms with Gasteiger partial charge in [-0.15, -0.1) is 0 Å². The molecule has 0 aromatic rings. The van der Waals surface area contributed by atoms with Gasteiger partial charge in [-0.2, -0.15) is 0 Å². The summed E-state index contributed by atoms with van der Waals surface area (Å²) in [5, 5.41) is 0. The number of ether oxygens (including phenoxy) is 3. The first-order valence-corrected chi connectivity index (χ1v) is 27.9. The highest BCUT2D eigenvalue weighted by molar-refractivity contribution is 5.71. The van der Waals surface area contributed by atoms with Crippen LogP contribution in [0.1, 0.15) is 317 Å². The van der Waals surface area contributed by atoms with Crippen LogP contribution in [0.25, 0.3) is 0 Å². The average molecular weight is 877 g/mol. The average Bonchev–Trinajstić information content (AvgIpc) is 3.26. The van der Waals surface area contributed by atoms with E-state index < -0.39 is 6.10 Å². The van der Waals surface area contributed by atoms with E-state index in [1.807, 2.05) is 0 Å². The molecule has 0 heterocycles. The number of hydrogen-bond acceptors (Lipinski definition) is 6. The van der Waals surface area contributed by atoms with Gasteiger partial charge < -0.3 is 14.2 Å². The minimum Gasteiger partial charge on any atom is -0.462 e. The number of hydrogen-bond donors (Lipinski definition) is 0. The van der Waals surface area contributed by atoms with Crippen molar-refractivity contribution in [1.29, 1.82) is 0 Å². The van der Waals surface area contributed by atoms with Crippen LogP contribution < -0.4 is 0 Å². The van der Waals surface area contributed by atoms with Gasteiger partial charge in [0.2, 0.25) is 0 Å². The second-order valence-corrected chi connectivity index (χ2v) is 19.7. The Morgan fingerprint density at radius 2 is 0.532 bits per heavy atom. The van der Waals surface area contributed by atoms with Gasteiger partial charge in [0.25, 0.3) is 0 Å². The second kappa shape index (κ2) is 50.4. The fourth-order valence-electron chi connectivity index (χ4n) is 8.57. The molecular formula is C56H108O6. The predicted octanol–water partition coefficient (Wildman–Crippen LogP) is 18.2. The van der Waals surface area contributed by atoms with Gasteiger partial charge in [0.15, 0.2) is 6.10 Å². The Balaban J connectivity index is 4.31. The molecule has 0 rings (SSSR count). The summed E-state index contributed by atoms with van der Waals surface area (Å²) in [4.78, 5) is 38.1. The predicted molar refractivity (Wildman–Crippen MR) is 266 cm³/mol. The first-order chi connectivity index (χ1) is 30.4. The molecule has 1 atom stereocenters. The van der Waals surface area contributed by atoms with Crippen molar-refractivity contribution in [2.24, 2.45) is 5.92 Å². The molecule has 0 aromatic carbocycles. The lowest BCUT2D eigenvalue weighted by atomic mass is 10.0. The van der Waals surface area contributed by atoms with Gasteiger partial charge >= 0.3 is 17.9 Å². The molecule has 0 unspecified atom stereocenters. The SMILES string of the molecule is CCCCCCCCCCCCCCCCCC(=O)OC[C@H](COC(=O)CCCCCCCCCCCCCCCC)OC(=O)CCCCCCCCCCCCCCC(C)C. The lowest BCUT2D eigenvalue weighted by Gasteiger charge is -2.18. The minimum absolute atomic E-state index is 0.0621. The highest BCUT2D eigenvalue weighted by Gasteiger charge is 2.19. The summed E-state index contributed by atoms with van der Waals surface area (Å²) in [6, 6.07) is 0. The van der Waals surface area contributed by atoms with Crippen molar-refractivity contribution >= 4 is 17.9 Å². The molecule has 0 amide bonds. The molecule has 6 nitrogen and oxygen atoms in total. The summed E-state index contributed by atoms with van der Waals surface area (Å²) in [7, 11) is 0. The molecule has 0 aromatic heterocycles. The molecule has 368 valence electrons. The molecule has 0 bridgehead atoms. The van der Waals surface area contributed by atoms with E-state index in [0.717, 1.165) is 63.7 Å². The van der Waals surface area contributed by atoms with E-state index in [4.69, 9.17) is 14.2 Å². The monoisotopic (exact) mass is 877 g/mol. The van der Waals surface area contributed by atoms with Crippen molar-refractivity contribution in [3.63, 3.8) is 0 Å². The maximum Gasteiger partial charge on any atom is 0.306 e. The normalized spacial score (nSPS) is 12.0. The lowest BCUT2D eigenvalue weighted by molar-refractivity contribution is -0.167. The molecule has 0 saturated heterocycles. The van der Waals surface area contributed by atoms with Crippen molar-refractivity contribution < 1.29 is 28.6 Å². The second-order valence-electron chi connectivity index (χ2n) is 19.7. The van der Waals surface area contributed by atoms with Gasteiger partial charge in [0, 0.05) is 19.3 Å². The molecule has 0 N–H and O–H groups in total. The van der Waals surface area contributed by atoms with Crippen molar-refractivity contribution in [3.05, 3.63) is 0 Å². The Labute approximate surface area is 387 Å². The van der Waals surface area contributed by atoms with Crippen LogP contribution in [0.4, 0.5) is 0 Å². The van der Waals surface area contributed by atoms with Crippen LogP contribution in [0.2, 0.25) is 0 Å². The summed E-state index contributed by atoms with van der Waals surface area (Å²) >= 11 is 0. The van der Waals surface area contributed by atoms with E-state index in [0.29, 0.717) is 19.3 Å². The van der Waals surface area contributed by atoms with Gasteiger partial charge in [-0.05, 0) is 25.2 Å². The Kier molecular flexibility index (Phi) is 49.1. The number of unbranched alkanes of at least 4 members (excludes halogenated alkanes) is 38. The van der Waals surface area contributed by atoms with E-state index in [-0.39, 0.29) is 31.1 Å². The fourth-order valence-corrected chi connectivity index (χ4v) is 8.57. The van der Waals surface area contributed by atoms with Crippen molar-refractivity contribution in [2.75, 3.05) is 13.2 Å². The number of rotatable bonds is 51. The zero-order chi connectivity index (χ0) is 45.2. The highest BCUT2D eigenvalue weighted by atomic mass is 16.6. The van der Waals surface area contributed by atoms with Gasteiger partial charge in [0.05, 0.1) is 0 Å². The third-order valence-electron chi connectivity index (χ3n) is 12.8. The molecular weight excluding hydrogens is 769 g/mol. The van der Waals surface area contributed by atoms with E-state index in [2.05, 4.69) is 27.7 Å². The van der Waals surface area contributed by atoms with Gasteiger partial charge in [-0.3, -0.25) is 14.4 Å². The van der Waals surface area contributed by atoms with E-state index in [1.165, 1.54) is 212 Å². The van der Waals surface area contributed by atoms with Gasteiger partial charge in [-0.1, -0.05) is 278 Å². The van der Waals surface area contributed by atoms with Crippen LogP contribution >= 0.6 is 0 Å². The van der Waals surface area contributed by atoms with E-state index in [1.54, 1.807) is 0 Å². The molecule has 0 spiro atoms. The van der Waals surface area contributed by atoms with Crippen LogP contribution in [0.15, 0.2) is 0 Å². The third kappa shape index (κ3) is 49.4. The largest absolute Gasteiger partial charge is 0.462 e. The molecule has 0 aliphatic heterocycles. The zero-order valence-corrected chi connectivity index (χ0v) is 42.3. The Hall–Kier alpha value is -1.59. The maximum absolute atomic E-state index is 12.8. The maximum atomic E-state index is 12.8. The van der Waals surface area contributed by atoms with Crippen LogP contribution in [0.5, 0.6) is 0 Å². The topological polar surface area (TPSA) is 78.9 Å². The van der Waals surface area contributed by atoms with Crippen molar-refractivity contribution in [2.45, 2.75) is 323 Å². The first kappa shape index (κ1) is 60.4. The zero-order valence-electron chi connectivity index (χ0n) is 42.3. The molecule has 0 radical (unpaired) electrons. The smallest absolute Gasteiger partial charge is 0.306 e. The molecule has 62 heavy (non-hydrogen) atoms. The first-order valence-electron chi connectivity index (χ1n) is 27.9. The van der Waals surface area contributed by atoms with Gasteiger partial charge in [-0.25, -0.2) is 0 Å². The standard InChI is InChI=1S/C56H108O6/c1-5-7-9-11-13-15-17-19-21-23-28-32-36-40-44-48-55(58)61-51-53(50-60-54(57)47-43-39-35-31-27-22-20-18-16-14-12-10-8-6-2)62-56(59)49-45-41-37-33-29-25-24-26-30-34-38-42-46-52(3)4/h52-53H,5-51H2,1-4H3/t53-/m0/s1. The summed E-state index contributed by atoms with van der Waals surface area (Å²) in [5.41, 5.74) is 0. The Bertz CT molecular complexity index is 933. The lowest BCUT2D eigenvalue weighted by Crippen LogP contribution is -2.30. The van der Waals surface area contributed by atoms with Crippen LogP contribution in [0.3, 0.4) is 0 Å². The van der Waals surface area contributed by atoms with Crippen molar-refractivity contribution in [3.8, 4) is 0 Å². The summed E-state index contributed by atoms with van der Waals surface area (Å²) in [6.45, 7) is 9.05. The van der Waals surface area contributed by atoms with Gasteiger partial charge in [0.1, 0.15) is 13.2 Å². The Morgan fingerprint density at radius 3 is 0.790 bits per heavy atom. The van der Waals surface area contributed by atoms with Crippen LogP contribution in [-0.2, 0) is 28.6 Å². The molecule has 6 heteroatoms. The fraction of sp³-hybridized carbons (Fsp3) is 0.946. The van der Waals surface area contributed by atoms with E-state index >= 15 is 0 Å². The highest BCUT2D eigenvalue weighted by Crippen LogP contribution is 2.18. The molecule has 0 saturated carbocycles. The Morgan fingerprint density at radius 1 is 0.306 bits per heavy atom. The summed E-state index contributed by atoms with van der Waals surface area (Å²) < 4.78 is 16.9. The summed E-state index contributed by atoms with van der Waals surface area (Å²) in [5.74, 6) is -0.00562. The molecule has 0 aliphatic rings. The number of esters is 3.